The van der Waals surface area contributed by atoms with Crippen molar-refractivity contribution in [1.82, 2.24) is 10.2 Å². The molecule has 96 valence electrons. The van der Waals surface area contributed by atoms with E-state index in [1.165, 1.54) is 17.5 Å². The van der Waals surface area contributed by atoms with Gasteiger partial charge in [0.25, 0.3) is 5.91 Å². The summed E-state index contributed by atoms with van der Waals surface area (Å²) in [5, 5.41) is 18.8. The minimum atomic E-state index is -0.245. The summed E-state index contributed by atoms with van der Waals surface area (Å²) in [5.74, 6) is 5.54. The Morgan fingerprint density at radius 1 is 1.58 bits per heavy atom. The second-order valence-corrected chi connectivity index (χ2v) is 4.70. The smallest absolute Gasteiger partial charge is 0.266 e. The molecule has 2 rings (SSSR count). The van der Waals surface area contributed by atoms with Crippen molar-refractivity contribution in [3.8, 4) is 11.8 Å². The molecule has 2 aromatic rings. The summed E-state index contributed by atoms with van der Waals surface area (Å²) in [6, 6.07) is 5.12. The average molecular weight is 273 g/mol. The molecule has 0 bridgehead atoms. The molecule has 6 heteroatoms. The standard InChI is InChI=1S/C13H11N3O2S/c1-9-8-11(19-10(9)4-3-7-17)13(18)15-12-5-2-6-14-16-12/h2,5-6,8,17H,7H2,1H3,(H,15,16,18). The molecule has 2 aromatic heterocycles. The molecule has 0 aliphatic rings. The molecule has 0 aromatic carbocycles. The Bertz CT molecular complexity index is 641. The van der Waals surface area contributed by atoms with E-state index in [0.717, 1.165) is 10.4 Å². The van der Waals surface area contributed by atoms with Crippen LogP contribution in [-0.4, -0.2) is 27.8 Å². The van der Waals surface area contributed by atoms with Gasteiger partial charge in [-0.1, -0.05) is 11.8 Å². The maximum Gasteiger partial charge on any atom is 0.266 e. The fourth-order valence-electron chi connectivity index (χ4n) is 1.38. The molecule has 0 radical (unpaired) electrons. The topological polar surface area (TPSA) is 75.1 Å². The molecular weight excluding hydrogens is 262 g/mol. The van der Waals surface area contributed by atoms with Gasteiger partial charge >= 0.3 is 0 Å². The van der Waals surface area contributed by atoms with Crippen molar-refractivity contribution in [2.24, 2.45) is 0 Å². The van der Waals surface area contributed by atoms with Crippen LogP contribution >= 0.6 is 11.3 Å². The number of carbonyl (C=O) groups excluding carboxylic acids is 1. The Morgan fingerprint density at radius 2 is 2.42 bits per heavy atom. The molecule has 0 saturated heterocycles. The SMILES string of the molecule is Cc1cc(C(=O)Nc2cccnn2)sc1C#CCO. The van der Waals surface area contributed by atoms with Gasteiger partial charge in [0, 0.05) is 6.20 Å². The predicted octanol–water partition coefficient (Wildman–Crippen LogP) is 1.44. The minimum absolute atomic E-state index is 0.196. The van der Waals surface area contributed by atoms with E-state index in [-0.39, 0.29) is 12.5 Å². The van der Waals surface area contributed by atoms with Gasteiger partial charge in [0.2, 0.25) is 0 Å². The quantitative estimate of drug-likeness (QED) is 0.812. The van der Waals surface area contributed by atoms with Crippen molar-refractivity contribution < 1.29 is 9.90 Å². The zero-order valence-corrected chi connectivity index (χ0v) is 11.0. The Kier molecular flexibility index (Phi) is 4.23. The molecule has 0 aliphatic carbocycles. The van der Waals surface area contributed by atoms with Crippen molar-refractivity contribution in [3.63, 3.8) is 0 Å². The number of hydrogen-bond donors (Lipinski definition) is 2. The first-order valence-corrected chi connectivity index (χ1v) is 6.31. The van der Waals surface area contributed by atoms with Gasteiger partial charge in [0.05, 0.1) is 9.75 Å². The number of aryl methyl sites for hydroxylation is 1. The molecule has 19 heavy (non-hydrogen) atoms. The van der Waals surface area contributed by atoms with Gasteiger partial charge in [-0.25, -0.2) is 0 Å². The first kappa shape index (κ1) is 13.2. The fourth-order valence-corrected chi connectivity index (χ4v) is 2.33. The lowest BCUT2D eigenvalue weighted by Gasteiger charge is -1.99. The third-order valence-electron chi connectivity index (χ3n) is 2.24. The fraction of sp³-hybridized carbons (Fsp3) is 0.154. The van der Waals surface area contributed by atoms with Crippen LogP contribution in [0, 0.1) is 18.8 Å². The first-order valence-electron chi connectivity index (χ1n) is 5.50. The normalized spacial score (nSPS) is 9.58. The Balaban J connectivity index is 2.16. The van der Waals surface area contributed by atoms with Crippen molar-refractivity contribution in [2.75, 3.05) is 11.9 Å². The third kappa shape index (κ3) is 3.37. The van der Waals surface area contributed by atoms with E-state index in [2.05, 4.69) is 27.4 Å². The van der Waals surface area contributed by atoms with E-state index in [1.54, 1.807) is 18.2 Å². The van der Waals surface area contributed by atoms with E-state index in [1.807, 2.05) is 6.92 Å². The van der Waals surface area contributed by atoms with Gasteiger partial charge in [-0.2, -0.15) is 5.10 Å². The number of nitrogens with zero attached hydrogens (tertiary/aromatic N) is 2. The van der Waals surface area contributed by atoms with Gasteiger partial charge in [0.15, 0.2) is 5.82 Å². The number of hydrogen-bond acceptors (Lipinski definition) is 5. The van der Waals surface area contributed by atoms with E-state index < -0.39 is 0 Å². The van der Waals surface area contributed by atoms with E-state index in [9.17, 15) is 4.79 Å². The van der Waals surface area contributed by atoms with Crippen LogP contribution < -0.4 is 5.32 Å². The lowest BCUT2D eigenvalue weighted by atomic mass is 10.2. The first-order chi connectivity index (χ1) is 9.20. The molecule has 0 spiro atoms. The highest BCUT2D eigenvalue weighted by molar-refractivity contribution is 7.14. The lowest BCUT2D eigenvalue weighted by Crippen LogP contribution is -2.11. The van der Waals surface area contributed by atoms with Gasteiger partial charge in [0.1, 0.15) is 6.61 Å². The number of aromatic nitrogens is 2. The second kappa shape index (κ2) is 6.09. The van der Waals surface area contributed by atoms with Crippen LogP contribution in [0.2, 0.25) is 0 Å². The monoisotopic (exact) mass is 273 g/mol. The highest BCUT2D eigenvalue weighted by Gasteiger charge is 2.12. The largest absolute Gasteiger partial charge is 0.384 e. The molecule has 2 N–H and O–H groups in total. The van der Waals surface area contributed by atoms with Crippen LogP contribution in [0.15, 0.2) is 24.4 Å². The zero-order valence-electron chi connectivity index (χ0n) is 10.2. The van der Waals surface area contributed by atoms with Crippen LogP contribution in [0.3, 0.4) is 0 Å². The van der Waals surface area contributed by atoms with Crippen LogP contribution in [0.1, 0.15) is 20.1 Å². The highest BCUT2D eigenvalue weighted by atomic mass is 32.1. The number of amides is 1. The number of thiophene rings is 1. The summed E-state index contributed by atoms with van der Waals surface area (Å²) in [6.07, 6.45) is 1.54. The van der Waals surface area contributed by atoms with E-state index >= 15 is 0 Å². The molecule has 0 atom stereocenters. The summed E-state index contributed by atoms with van der Waals surface area (Å²) >= 11 is 1.28. The Morgan fingerprint density at radius 3 is 3.11 bits per heavy atom. The summed E-state index contributed by atoms with van der Waals surface area (Å²) in [5.41, 5.74) is 0.912. The summed E-state index contributed by atoms with van der Waals surface area (Å²) < 4.78 is 0. The molecular formula is C13H11N3O2S. The third-order valence-corrected chi connectivity index (χ3v) is 3.39. The van der Waals surface area contributed by atoms with E-state index in [0.29, 0.717) is 10.7 Å². The van der Waals surface area contributed by atoms with Crippen molar-refractivity contribution >= 4 is 23.1 Å². The minimum Gasteiger partial charge on any atom is -0.384 e. The maximum atomic E-state index is 12.0. The molecule has 1 amide bonds. The number of rotatable bonds is 2. The summed E-state index contributed by atoms with van der Waals surface area (Å²) in [7, 11) is 0. The van der Waals surface area contributed by atoms with Crippen molar-refractivity contribution in [2.45, 2.75) is 6.92 Å². The van der Waals surface area contributed by atoms with Gasteiger partial charge in [-0.05, 0) is 30.7 Å². The van der Waals surface area contributed by atoms with Crippen LogP contribution in [0.5, 0.6) is 0 Å². The average Bonchev–Trinajstić information content (AvgIpc) is 2.79. The Labute approximate surface area is 114 Å². The van der Waals surface area contributed by atoms with Crippen LogP contribution in [-0.2, 0) is 0 Å². The van der Waals surface area contributed by atoms with Gasteiger partial charge in [-0.3, -0.25) is 4.79 Å². The van der Waals surface area contributed by atoms with Gasteiger partial charge in [-0.15, -0.1) is 16.4 Å². The molecule has 0 unspecified atom stereocenters. The molecule has 0 saturated carbocycles. The Hall–Kier alpha value is -2.23. The lowest BCUT2D eigenvalue weighted by molar-refractivity contribution is 0.103. The number of carbonyl (C=O) groups is 1. The van der Waals surface area contributed by atoms with Crippen molar-refractivity contribution in [3.05, 3.63) is 39.7 Å². The van der Waals surface area contributed by atoms with Crippen LogP contribution in [0.4, 0.5) is 5.82 Å². The number of nitrogens with one attached hydrogen (secondary N) is 1. The molecule has 2 heterocycles. The second-order valence-electron chi connectivity index (χ2n) is 3.65. The molecule has 0 fully saturated rings. The number of anilines is 1. The summed E-state index contributed by atoms with van der Waals surface area (Å²) in [4.78, 5) is 13.3. The zero-order chi connectivity index (χ0) is 13.7. The number of aliphatic hydroxyl groups excluding tert-OH is 1. The predicted molar refractivity (Wildman–Crippen MR) is 73.0 cm³/mol. The van der Waals surface area contributed by atoms with Crippen molar-refractivity contribution in [1.29, 1.82) is 0 Å². The summed E-state index contributed by atoms with van der Waals surface area (Å²) in [6.45, 7) is 1.68. The van der Waals surface area contributed by atoms with Crippen LogP contribution in [0.25, 0.3) is 0 Å². The molecule has 5 nitrogen and oxygen atoms in total. The molecule has 0 aliphatic heterocycles. The van der Waals surface area contributed by atoms with Gasteiger partial charge < -0.3 is 10.4 Å². The maximum absolute atomic E-state index is 12.0. The highest BCUT2D eigenvalue weighted by Crippen LogP contribution is 2.21. The number of aliphatic hydroxyl groups is 1. The van der Waals surface area contributed by atoms with E-state index in [4.69, 9.17) is 5.11 Å².